The Kier molecular flexibility index (Phi) is 4.67. The Hall–Kier alpha value is -2.39. The smallest absolute Gasteiger partial charge is 0.341 e. The first-order valence-corrected chi connectivity index (χ1v) is 10.1. The standard InChI is InChI=1S/C18H19ClN4O4S/c1-18(12-6-7-13(19)28-12)16(25)22(17(26)20-18)9-10-14(15(24)27-2)11-5-3-4-8-23(11)21-10/h6-7H,3-5,8-9H2,1-2H3,(H,20,26). The van der Waals surface area contributed by atoms with Gasteiger partial charge in [-0.05, 0) is 38.3 Å². The highest BCUT2D eigenvalue weighted by Crippen LogP contribution is 2.36. The van der Waals surface area contributed by atoms with Crippen molar-refractivity contribution in [3.05, 3.63) is 38.3 Å². The molecule has 2 aliphatic rings. The first kappa shape index (κ1) is 18.9. The number of aryl methyl sites for hydroxylation is 1. The zero-order valence-electron chi connectivity index (χ0n) is 15.5. The van der Waals surface area contributed by atoms with Crippen molar-refractivity contribution in [1.29, 1.82) is 0 Å². The molecule has 8 nitrogen and oxygen atoms in total. The van der Waals surface area contributed by atoms with Gasteiger partial charge in [-0.25, -0.2) is 9.59 Å². The first-order valence-electron chi connectivity index (χ1n) is 8.92. The van der Waals surface area contributed by atoms with Crippen molar-refractivity contribution in [2.45, 2.75) is 44.8 Å². The Morgan fingerprint density at radius 2 is 2.18 bits per heavy atom. The molecule has 3 amide bonds. The number of ether oxygens (including phenoxy) is 1. The van der Waals surface area contributed by atoms with E-state index in [1.165, 1.54) is 18.4 Å². The summed E-state index contributed by atoms with van der Waals surface area (Å²) >= 11 is 7.24. The van der Waals surface area contributed by atoms with E-state index in [0.29, 0.717) is 33.4 Å². The van der Waals surface area contributed by atoms with E-state index in [-0.39, 0.29) is 6.54 Å². The number of thiophene rings is 1. The van der Waals surface area contributed by atoms with Crippen LogP contribution >= 0.6 is 22.9 Å². The molecular formula is C18H19ClN4O4S. The van der Waals surface area contributed by atoms with E-state index < -0.39 is 23.4 Å². The number of nitrogens with zero attached hydrogens (tertiary/aromatic N) is 3. The predicted molar refractivity (Wildman–Crippen MR) is 102 cm³/mol. The number of aromatic nitrogens is 2. The number of carbonyl (C=O) groups excluding carboxylic acids is 3. The highest BCUT2D eigenvalue weighted by Gasteiger charge is 2.50. The molecule has 0 aromatic carbocycles. The zero-order valence-corrected chi connectivity index (χ0v) is 17.0. The van der Waals surface area contributed by atoms with E-state index in [4.69, 9.17) is 16.3 Å². The van der Waals surface area contributed by atoms with E-state index >= 15 is 0 Å². The Morgan fingerprint density at radius 1 is 1.39 bits per heavy atom. The summed E-state index contributed by atoms with van der Waals surface area (Å²) in [5, 5.41) is 7.24. The van der Waals surface area contributed by atoms with Gasteiger partial charge in [-0.3, -0.25) is 14.4 Å². The summed E-state index contributed by atoms with van der Waals surface area (Å²) in [6, 6.07) is 2.89. The van der Waals surface area contributed by atoms with Crippen LogP contribution in [0, 0.1) is 0 Å². The summed E-state index contributed by atoms with van der Waals surface area (Å²) in [5.41, 5.74) is 0.337. The van der Waals surface area contributed by atoms with E-state index in [1.807, 2.05) is 0 Å². The highest BCUT2D eigenvalue weighted by atomic mass is 35.5. The van der Waals surface area contributed by atoms with E-state index in [1.54, 1.807) is 23.7 Å². The number of methoxy groups -OCH3 is 1. The maximum atomic E-state index is 13.1. The van der Waals surface area contributed by atoms with Crippen molar-refractivity contribution in [2.24, 2.45) is 0 Å². The number of urea groups is 1. The molecule has 0 spiro atoms. The number of amides is 3. The van der Waals surface area contributed by atoms with Gasteiger partial charge in [-0.2, -0.15) is 5.10 Å². The minimum absolute atomic E-state index is 0.0935. The fraction of sp³-hybridized carbons (Fsp3) is 0.444. The number of halogens is 1. The fourth-order valence-electron chi connectivity index (χ4n) is 3.73. The summed E-state index contributed by atoms with van der Waals surface area (Å²) in [4.78, 5) is 39.8. The number of fused-ring (bicyclic) bond motifs is 1. The second-order valence-corrected chi connectivity index (χ2v) is 8.71. The van der Waals surface area contributed by atoms with Crippen LogP contribution in [0.1, 0.15) is 46.4 Å². The van der Waals surface area contributed by atoms with Gasteiger partial charge in [-0.1, -0.05) is 11.6 Å². The average Bonchev–Trinajstić information content (AvgIpc) is 3.33. The van der Waals surface area contributed by atoms with Crippen molar-refractivity contribution in [3.63, 3.8) is 0 Å². The molecule has 1 fully saturated rings. The Bertz CT molecular complexity index is 984. The highest BCUT2D eigenvalue weighted by molar-refractivity contribution is 7.16. The number of esters is 1. The monoisotopic (exact) mass is 422 g/mol. The van der Waals surface area contributed by atoms with Gasteiger partial charge < -0.3 is 10.1 Å². The van der Waals surface area contributed by atoms with Gasteiger partial charge in [-0.15, -0.1) is 11.3 Å². The van der Waals surface area contributed by atoms with Crippen LogP contribution in [-0.2, 0) is 34.6 Å². The van der Waals surface area contributed by atoms with E-state index in [2.05, 4.69) is 10.4 Å². The second-order valence-electron chi connectivity index (χ2n) is 6.99. The van der Waals surface area contributed by atoms with Crippen molar-refractivity contribution >= 4 is 40.8 Å². The van der Waals surface area contributed by atoms with Crippen LogP contribution in [0.5, 0.6) is 0 Å². The van der Waals surface area contributed by atoms with Crippen LogP contribution in [0.3, 0.4) is 0 Å². The minimum atomic E-state index is -1.19. The number of nitrogens with one attached hydrogen (secondary N) is 1. The predicted octanol–water partition coefficient (Wildman–Crippen LogP) is 2.69. The average molecular weight is 423 g/mol. The molecule has 148 valence electrons. The molecule has 0 bridgehead atoms. The molecule has 0 saturated carbocycles. The molecule has 1 saturated heterocycles. The molecule has 1 atom stereocenters. The van der Waals surface area contributed by atoms with Crippen LogP contribution in [0.4, 0.5) is 4.79 Å². The summed E-state index contributed by atoms with van der Waals surface area (Å²) in [6.07, 6.45) is 2.63. The van der Waals surface area contributed by atoms with Crippen LogP contribution in [0.15, 0.2) is 12.1 Å². The lowest BCUT2D eigenvalue weighted by Gasteiger charge is -2.19. The van der Waals surface area contributed by atoms with Gasteiger partial charge in [0, 0.05) is 11.4 Å². The zero-order chi connectivity index (χ0) is 20.1. The molecule has 2 aromatic heterocycles. The minimum Gasteiger partial charge on any atom is -0.465 e. The molecule has 1 N–H and O–H groups in total. The topological polar surface area (TPSA) is 93.5 Å². The summed E-state index contributed by atoms with van der Waals surface area (Å²) in [7, 11) is 1.31. The van der Waals surface area contributed by atoms with Gasteiger partial charge in [0.25, 0.3) is 5.91 Å². The van der Waals surface area contributed by atoms with Crippen LogP contribution < -0.4 is 5.32 Å². The molecule has 2 aliphatic heterocycles. The lowest BCUT2D eigenvalue weighted by Crippen LogP contribution is -2.40. The van der Waals surface area contributed by atoms with Crippen molar-refractivity contribution in [1.82, 2.24) is 20.0 Å². The lowest BCUT2D eigenvalue weighted by atomic mass is 10.0. The summed E-state index contributed by atoms with van der Waals surface area (Å²) < 4.78 is 7.24. The van der Waals surface area contributed by atoms with Gasteiger partial charge in [0.15, 0.2) is 5.54 Å². The van der Waals surface area contributed by atoms with Crippen LogP contribution in [0.25, 0.3) is 0 Å². The number of carbonyl (C=O) groups is 3. The summed E-state index contributed by atoms with van der Waals surface area (Å²) in [5.74, 6) is -0.907. The maximum absolute atomic E-state index is 13.1. The number of rotatable bonds is 4. The van der Waals surface area contributed by atoms with Crippen molar-refractivity contribution < 1.29 is 19.1 Å². The molecule has 1 unspecified atom stereocenters. The molecule has 4 rings (SSSR count). The SMILES string of the molecule is COC(=O)c1c(CN2C(=O)NC(C)(c3ccc(Cl)s3)C2=O)nn2c1CCCC2. The third-order valence-electron chi connectivity index (χ3n) is 5.20. The Labute approximate surface area is 170 Å². The summed E-state index contributed by atoms with van der Waals surface area (Å²) in [6.45, 7) is 2.25. The second kappa shape index (κ2) is 6.89. The Morgan fingerprint density at radius 3 is 2.86 bits per heavy atom. The Balaban J connectivity index is 1.68. The molecule has 2 aromatic rings. The normalized spacial score (nSPS) is 21.6. The number of hydrogen-bond donors (Lipinski definition) is 1. The van der Waals surface area contributed by atoms with Gasteiger partial charge in [0.2, 0.25) is 0 Å². The lowest BCUT2D eigenvalue weighted by molar-refractivity contribution is -0.131. The number of hydrogen-bond acceptors (Lipinski definition) is 6. The molecule has 0 aliphatic carbocycles. The third-order valence-corrected chi connectivity index (χ3v) is 6.65. The van der Waals surface area contributed by atoms with Gasteiger partial charge >= 0.3 is 12.0 Å². The third kappa shape index (κ3) is 2.89. The van der Waals surface area contributed by atoms with Crippen LogP contribution in [-0.4, -0.2) is 39.7 Å². The maximum Gasteiger partial charge on any atom is 0.341 e. The molecule has 4 heterocycles. The fourth-order valence-corrected chi connectivity index (χ4v) is 4.87. The molecular weight excluding hydrogens is 404 g/mol. The molecule has 10 heteroatoms. The largest absolute Gasteiger partial charge is 0.465 e. The van der Waals surface area contributed by atoms with Crippen molar-refractivity contribution in [2.75, 3.05) is 7.11 Å². The van der Waals surface area contributed by atoms with E-state index in [9.17, 15) is 14.4 Å². The first-order chi connectivity index (χ1) is 13.3. The van der Waals surface area contributed by atoms with E-state index in [0.717, 1.165) is 23.4 Å². The quantitative estimate of drug-likeness (QED) is 0.604. The number of imide groups is 1. The molecule has 0 radical (unpaired) electrons. The molecule has 28 heavy (non-hydrogen) atoms. The van der Waals surface area contributed by atoms with Gasteiger partial charge in [0.05, 0.1) is 29.4 Å². The van der Waals surface area contributed by atoms with Crippen molar-refractivity contribution in [3.8, 4) is 0 Å². The van der Waals surface area contributed by atoms with Crippen LogP contribution in [0.2, 0.25) is 4.34 Å². The van der Waals surface area contributed by atoms with Gasteiger partial charge in [0.1, 0.15) is 5.56 Å².